The van der Waals surface area contributed by atoms with Crippen molar-refractivity contribution in [3.8, 4) is 0 Å². The van der Waals surface area contributed by atoms with E-state index in [1.54, 1.807) is 6.07 Å². The van der Waals surface area contributed by atoms with Gasteiger partial charge in [0.2, 0.25) is 5.91 Å². The average molecular weight is 301 g/mol. The Bertz CT molecular complexity index is 457. The number of amides is 1. The van der Waals surface area contributed by atoms with Gasteiger partial charge in [0.05, 0.1) is 15.7 Å². The molecular weight excluding hydrogens is 283 g/mol. The fourth-order valence-corrected chi connectivity index (χ4v) is 2.72. The second-order valence-corrected chi connectivity index (χ2v) is 5.48. The van der Waals surface area contributed by atoms with E-state index in [2.05, 4.69) is 4.90 Å². The lowest BCUT2D eigenvalue weighted by Gasteiger charge is -2.36. The van der Waals surface area contributed by atoms with E-state index in [0.29, 0.717) is 16.5 Å². The van der Waals surface area contributed by atoms with Crippen LogP contribution in [-0.2, 0) is 4.79 Å². The van der Waals surface area contributed by atoms with Crippen molar-refractivity contribution in [3.63, 3.8) is 0 Å². The van der Waals surface area contributed by atoms with Gasteiger partial charge >= 0.3 is 0 Å². The number of carbonyl (C=O) groups excluding carboxylic acids is 1. The summed E-state index contributed by atoms with van der Waals surface area (Å²) in [6, 6.07) is 5.66. The lowest BCUT2D eigenvalue weighted by Crippen LogP contribution is -2.48. The molecule has 0 N–H and O–H groups in total. The third-order valence-electron chi connectivity index (χ3n) is 3.37. The monoisotopic (exact) mass is 300 g/mol. The first kappa shape index (κ1) is 14.5. The van der Waals surface area contributed by atoms with Gasteiger partial charge in [0.25, 0.3) is 0 Å². The summed E-state index contributed by atoms with van der Waals surface area (Å²) in [5.74, 6) is 0.249. The first-order valence-electron chi connectivity index (χ1n) is 6.60. The Morgan fingerprint density at radius 3 is 2.53 bits per heavy atom. The van der Waals surface area contributed by atoms with Gasteiger partial charge in [-0.15, -0.1) is 0 Å². The van der Waals surface area contributed by atoms with Crippen LogP contribution in [0, 0.1) is 0 Å². The van der Waals surface area contributed by atoms with Crippen LogP contribution >= 0.6 is 23.2 Å². The Balaban J connectivity index is 2.00. The lowest BCUT2D eigenvalue weighted by molar-refractivity contribution is -0.131. The maximum Gasteiger partial charge on any atom is 0.222 e. The van der Waals surface area contributed by atoms with E-state index in [1.807, 2.05) is 24.0 Å². The minimum atomic E-state index is 0.249. The van der Waals surface area contributed by atoms with Gasteiger partial charge < -0.3 is 9.80 Å². The van der Waals surface area contributed by atoms with Crippen LogP contribution in [0.15, 0.2) is 18.2 Å². The normalized spacial score (nSPS) is 15.7. The molecule has 0 atom stereocenters. The van der Waals surface area contributed by atoms with E-state index in [0.717, 1.165) is 38.3 Å². The van der Waals surface area contributed by atoms with Crippen molar-refractivity contribution in [1.29, 1.82) is 0 Å². The van der Waals surface area contributed by atoms with Crippen molar-refractivity contribution in [2.24, 2.45) is 0 Å². The topological polar surface area (TPSA) is 23.6 Å². The van der Waals surface area contributed by atoms with E-state index in [1.165, 1.54) is 0 Å². The Labute approximate surface area is 124 Å². The molecule has 1 saturated heterocycles. The van der Waals surface area contributed by atoms with Crippen molar-refractivity contribution < 1.29 is 4.79 Å². The van der Waals surface area contributed by atoms with Crippen LogP contribution in [0.2, 0.25) is 10.0 Å². The van der Waals surface area contributed by atoms with Gasteiger partial charge in [-0.05, 0) is 18.6 Å². The Kier molecular flexibility index (Phi) is 4.94. The number of hydrogen-bond acceptors (Lipinski definition) is 2. The van der Waals surface area contributed by atoms with Crippen LogP contribution in [0.1, 0.15) is 19.8 Å². The number of hydrogen-bond donors (Lipinski definition) is 0. The summed E-state index contributed by atoms with van der Waals surface area (Å²) in [5.41, 5.74) is 0.955. The number of piperazine rings is 1. The highest BCUT2D eigenvalue weighted by molar-refractivity contribution is 6.43. The molecule has 19 heavy (non-hydrogen) atoms. The molecule has 5 heteroatoms. The zero-order valence-corrected chi connectivity index (χ0v) is 12.5. The highest BCUT2D eigenvalue weighted by Gasteiger charge is 2.22. The zero-order valence-electron chi connectivity index (χ0n) is 11.0. The average Bonchev–Trinajstić information content (AvgIpc) is 2.42. The molecule has 104 valence electrons. The molecule has 0 bridgehead atoms. The molecule has 0 aliphatic carbocycles. The second-order valence-electron chi connectivity index (χ2n) is 4.69. The smallest absolute Gasteiger partial charge is 0.222 e. The molecule has 1 fully saturated rings. The molecule has 1 aromatic carbocycles. The van der Waals surface area contributed by atoms with Crippen molar-refractivity contribution in [1.82, 2.24) is 4.90 Å². The maximum absolute atomic E-state index is 11.8. The molecule has 1 aliphatic heterocycles. The number of nitrogens with zero attached hydrogens (tertiary/aromatic N) is 2. The fourth-order valence-electron chi connectivity index (χ4n) is 2.31. The molecule has 0 unspecified atom stereocenters. The zero-order chi connectivity index (χ0) is 13.8. The predicted molar refractivity (Wildman–Crippen MR) is 80.2 cm³/mol. The van der Waals surface area contributed by atoms with Crippen molar-refractivity contribution >= 4 is 34.8 Å². The Morgan fingerprint density at radius 1 is 1.21 bits per heavy atom. The SMILES string of the molecule is CCCC(=O)N1CCN(c2cccc(Cl)c2Cl)CC1. The second kappa shape index (κ2) is 6.49. The summed E-state index contributed by atoms with van der Waals surface area (Å²) < 4.78 is 0. The standard InChI is InChI=1S/C14H18Cl2N2O/c1-2-4-13(19)18-9-7-17(8-10-18)12-6-3-5-11(15)14(12)16/h3,5-6H,2,4,7-10H2,1H3. The van der Waals surface area contributed by atoms with Crippen LogP contribution in [0.25, 0.3) is 0 Å². The van der Waals surface area contributed by atoms with Crippen molar-refractivity contribution in [2.45, 2.75) is 19.8 Å². The van der Waals surface area contributed by atoms with E-state index >= 15 is 0 Å². The number of anilines is 1. The predicted octanol–water partition coefficient (Wildman–Crippen LogP) is 3.44. The molecule has 1 aromatic rings. The molecule has 2 rings (SSSR count). The molecule has 1 amide bonds. The van der Waals surface area contributed by atoms with Crippen LogP contribution in [0.5, 0.6) is 0 Å². The first-order valence-corrected chi connectivity index (χ1v) is 7.35. The van der Waals surface area contributed by atoms with Gasteiger partial charge in [0.1, 0.15) is 0 Å². The minimum Gasteiger partial charge on any atom is -0.367 e. The quantitative estimate of drug-likeness (QED) is 0.854. The number of carbonyl (C=O) groups is 1. The van der Waals surface area contributed by atoms with E-state index in [4.69, 9.17) is 23.2 Å². The van der Waals surface area contributed by atoms with Gasteiger partial charge in [-0.3, -0.25) is 4.79 Å². The van der Waals surface area contributed by atoms with Gasteiger partial charge in [0.15, 0.2) is 0 Å². The number of rotatable bonds is 3. The van der Waals surface area contributed by atoms with Crippen LogP contribution in [0.3, 0.4) is 0 Å². The summed E-state index contributed by atoms with van der Waals surface area (Å²) in [5, 5.41) is 1.17. The van der Waals surface area contributed by atoms with Crippen LogP contribution in [-0.4, -0.2) is 37.0 Å². The van der Waals surface area contributed by atoms with E-state index in [-0.39, 0.29) is 5.91 Å². The van der Waals surface area contributed by atoms with Gasteiger partial charge in [-0.2, -0.15) is 0 Å². The van der Waals surface area contributed by atoms with Gasteiger partial charge in [-0.25, -0.2) is 0 Å². The third-order valence-corrected chi connectivity index (χ3v) is 4.18. The molecule has 3 nitrogen and oxygen atoms in total. The van der Waals surface area contributed by atoms with Crippen molar-refractivity contribution in [2.75, 3.05) is 31.1 Å². The summed E-state index contributed by atoms with van der Waals surface area (Å²) in [6.45, 7) is 5.13. The largest absolute Gasteiger partial charge is 0.367 e. The molecule has 0 saturated carbocycles. The third kappa shape index (κ3) is 3.34. The highest BCUT2D eigenvalue weighted by atomic mass is 35.5. The Hall–Kier alpha value is -0.930. The summed E-state index contributed by atoms with van der Waals surface area (Å²) >= 11 is 12.3. The highest BCUT2D eigenvalue weighted by Crippen LogP contribution is 2.32. The first-order chi connectivity index (χ1) is 9.13. The van der Waals surface area contributed by atoms with Gasteiger partial charge in [-0.1, -0.05) is 36.2 Å². The molecular formula is C14H18Cl2N2O. The number of benzene rings is 1. The molecule has 0 spiro atoms. The molecule has 1 aliphatic rings. The minimum absolute atomic E-state index is 0.249. The lowest BCUT2D eigenvalue weighted by atomic mass is 10.2. The summed E-state index contributed by atoms with van der Waals surface area (Å²) in [4.78, 5) is 15.9. The molecule has 0 aromatic heterocycles. The van der Waals surface area contributed by atoms with Crippen molar-refractivity contribution in [3.05, 3.63) is 28.2 Å². The Morgan fingerprint density at radius 2 is 1.89 bits per heavy atom. The van der Waals surface area contributed by atoms with Gasteiger partial charge in [0, 0.05) is 32.6 Å². The summed E-state index contributed by atoms with van der Waals surface area (Å²) in [6.07, 6.45) is 1.54. The molecule has 1 heterocycles. The maximum atomic E-state index is 11.8. The fraction of sp³-hybridized carbons (Fsp3) is 0.500. The number of halogens is 2. The van der Waals surface area contributed by atoms with Crippen LogP contribution in [0.4, 0.5) is 5.69 Å². The molecule has 0 radical (unpaired) electrons. The van der Waals surface area contributed by atoms with E-state index in [9.17, 15) is 4.79 Å². The van der Waals surface area contributed by atoms with E-state index < -0.39 is 0 Å². The van der Waals surface area contributed by atoms with Crippen LogP contribution < -0.4 is 4.90 Å². The summed E-state index contributed by atoms with van der Waals surface area (Å²) in [7, 11) is 0.